The predicted octanol–water partition coefficient (Wildman–Crippen LogP) is 4.39. The second-order valence-electron chi connectivity index (χ2n) is 8.18. The Hall–Kier alpha value is -3.79. The number of nitrogens with zero attached hydrogens (tertiary/aromatic N) is 1. The number of fused-ring (bicyclic) bond motifs is 1. The number of aromatic nitrogens is 1. The van der Waals surface area contributed by atoms with Crippen LogP contribution in [-0.2, 0) is 17.6 Å². The van der Waals surface area contributed by atoms with E-state index in [2.05, 4.69) is 25.7 Å². The highest BCUT2D eigenvalue weighted by atomic mass is 19.4. The number of carboxylic acid groups (broad SMARTS) is 1. The van der Waals surface area contributed by atoms with Gasteiger partial charge in [-0.25, -0.2) is 4.98 Å². The summed E-state index contributed by atoms with van der Waals surface area (Å²) in [6, 6.07) is 17.2. The third kappa shape index (κ3) is 6.63. The Balaban J connectivity index is 1.52. The number of ether oxygens (including phenoxy) is 1. The first kappa shape index (κ1) is 24.3. The summed E-state index contributed by atoms with van der Waals surface area (Å²) in [5.41, 5.74) is 2.60. The summed E-state index contributed by atoms with van der Waals surface area (Å²) in [7, 11) is 0. The van der Waals surface area contributed by atoms with Gasteiger partial charge < -0.3 is 25.8 Å². The molecule has 2 atom stereocenters. The summed E-state index contributed by atoms with van der Waals surface area (Å²) in [5.74, 6) is -0.665. The van der Waals surface area contributed by atoms with Gasteiger partial charge in [-0.2, -0.15) is 0 Å². The van der Waals surface area contributed by atoms with E-state index < -0.39 is 12.3 Å². The van der Waals surface area contributed by atoms with Gasteiger partial charge in [-0.3, -0.25) is 4.79 Å². The molecule has 0 aliphatic carbocycles. The molecule has 1 aliphatic heterocycles. The SMILES string of the molecule is O=C(O)Cc1ccc(OC(F)(F)F)c(CCN[C@H](c2ccccc2)[C@H]2CNc3cccnc3N2)c1. The lowest BCUT2D eigenvalue weighted by molar-refractivity contribution is -0.274. The normalized spacial score (nSPS) is 15.9. The monoisotopic (exact) mass is 486 g/mol. The van der Waals surface area contributed by atoms with E-state index in [1.54, 1.807) is 6.20 Å². The second kappa shape index (κ2) is 10.6. The highest BCUT2D eigenvalue weighted by Crippen LogP contribution is 2.30. The molecule has 0 saturated heterocycles. The minimum Gasteiger partial charge on any atom is -0.481 e. The van der Waals surface area contributed by atoms with E-state index in [9.17, 15) is 18.0 Å². The lowest BCUT2D eigenvalue weighted by Crippen LogP contribution is -2.44. The molecule has 7 nitrogen and oxygen atoms in total. The molecule has 10 heteroatoms. The molecule has 3 aromatic rings. The summed E-state index contributed by atoms with van der Waals surface area (Å²) in [6.45, 7) is 0.944. The van der Waals surface area contributed by atoms with Gasteiger partial charge >= 0.3 is 12.3 Å². The average molecular weight is 486 g/mol. The number of carbonyl (C=O) groups is 1. The Kier molecular flexibility index (Phi) is 7.40. The zero-order valence-electron chi connectivity index (χ0n) is 18.7. The van der Waals surface area contributed by atoms with Gasteiger partial charge in [-0.1, -0.05) is 42.5 Å². The largest absolute Gasteiger partial charge is 0.573 e. The molecule has 4 N–H and O–H groups in total. The highest BCUT2D eigenvalue weighted by molar-refractivity contribution is 5.70. The summed E-state index contributed by atoms with van der Waals surface area (Å²) in [6.07, 6.45) is -3.23. The van der Waals surface area contributed by atoms with Crippen LogP contribution < -0.4 is 20.7 Å². The number of hydrogen-bond acceptors (Lipinski definition) is 6. The van der Waals surface area contributed by atoms with Crippen molar-refractivity contribution in [2.24, 2.45) is 0 Å². The van der Waals surface area contributed by atoms with Crippen molar-refractivity contribution in [3.8, 4) is 5.75 Å². The number of alkyl halides is 3. The van der Waals surface area contributed by atoms with Crippen molar-refractivity contribution in [2.45, 2.75) is 31.3 Å². The fraction of sp³-hybridized carbons (Fsp3) is 0.280. The van der Waals surface area contributed by atoms with Crippen molar-refractivity contribution in [3.63, 3.8) is 0 Å². The smallest absolute Gasteiger partial charge is 0.481 e. The van der Waals surface area contributed by atoms with Crippen LogP contribution in [0.25, 0.3) is 0 Å². The summed E-state index contributed by atoms with van der Waals surface area (Å²) < 4.78 is 42.9. The molecule has 0 unspecified atom stereocenters. The number of carboxylic acids is 1. The number of benzene rings is 2. The van der Waals surface area contributed by atoms with E-state index in [4.69, 9.17) is 5.11 Å². The molecule has 0 fully saturated rings. The Bertz CT molecular complexity index is 1160. The summed E-state index contributed by atoms with van der Waals surface area (Å²) >= 11 is 0. The first-order chi connectivity index (χ1) is 16.8. The number of aliphatic carboxylic acids is 1. The quantitative estimate of drug-likeness (QED) is 0.356. The van der Waals surface area contributed by atoms with Gasteiger partial charge in [0.25, 0.3) is 0 Å². The summed E-state index contributed by atoms with van der Waals surface area (Å²) in [4.78, 5) is 15.5. The molecule has 1 aliphatic rings. The highest BCUT2D eigenvalue weighted by Gasteiger charge is 2.32. The lowest BCUT2D eigenvalue weighted by atomic mass is 9.97. The fourth-order valence-electron chi connectivity index (χ4n) is 4.16. The van der Waals surface area contributed by atoms with Crippen LogP contribution in [0, 0.1) is 0 Å². The van der Waals surface area contributed by atoms with Crippen LogP contribution in [0.1, 0.15) is 22.7 Å². The number of pyridine rings is 1. The number of hydrogen-bond donors (Lipinski definition) is 4. The van der Waals surface area contributed by atoms with E-state index in [-0.39, 0.29) is 36.2 Å². The van der Waals surface area contributed by atoms with Crippen molar-refractivity contribution < 1.29 is 27.8 Å². The van der Waals surface area contributed by atoms with Crippen molar-refractivity contribution in [3.05, 3.63) is 83.6 Å². The van der Waals surface area contributed by atoms with Crippen molar-refractivity contribution in [2.75, 3.05) is 23.7 Å². The molecule has 2 heterocycles. The van der Waals surface area contributed by atoms with E-state index >= 15 is 0 Å². The number of halogens is 3. The number of anilines is 2. The van der Waals surface area contributed by atoms with Gasteiger partial charge in [0, 0.05) is 12.7 Å². The van der Waals surface area contributed by atoms with Gasteiger partial charge in [0.1, 0.15) is 11.6 Å². The van der Waals surface area contributed by atoms with Gasteiger partial charge in [0.05, 0.1) is 24.2 Å². The van der Waals surface area contributed by atoms with Gasteiger partial charge in [0.2, 0.25) is 0 Å². The van der Waals surface area contributed by atoms with Crippen molar-refractivity contribution in [1.29, 1.82) is 0 Å². The molecular weight excluding hydrogens is 461 g/mol. The van der Waals surface area contributed by atoms with Gasteiger partial charge in [-0.15, -0.1) is 13.2 Å². The van der Waals surface area contributed by atoms with Crippen LogP contribution in [0.15, 0.2) is 66.9 Å². The van der Waals surface area contributed by atoms with E-state index in [0.717, 1.165) is 17.1 Å². The molecule has 2 aromatic carbocycles. The molecule has 1 aromatic heterocycles. The maximum absolute atomic E-state index is 12.9. The number of rotatable bonds is 9. The Morgan fingerprint density at radius 2 is 1.97 bits per heavy atom. The van der Waals surface area contributed by atoms with Crippen LogP contribution in [0.2, 0.25) is 0 Å². The van der Waals surface area contributed by atoms with Crippen LogP contribution in [0.4, 0.5) is 24.7 Å². The standard InChI is InChI=1S/C25H25F3N4O3/c26-25(27,28)35-21-9-8-16(14-22(33)34)13-18(21)10-12-29-23(17-5-2-1-3-6-17)20-15-31-19-7-4-11-30-24(19)32-20/h1-9,11,13,20,23,29,31H,10,12,14-15H2,(H,30,32)(H,33,34)/t20-,23-/m1/s1. The zero-order chi connectivity index (χ0) is 24.8. The molecule has 0 bridgehead atoms. The van der Waals surface area contributed by atoms with E-state index in [1.807, 2.05) is 42.5 Å². The van der Waals surface area contributed by atoms with Gasteiger partial charge in [-0.05, 0) is 47.9 Å². The molecule has 4 rings (SSSR count). The first-order valence-electron chi connectivity index (χ1n) is 11.1. The van der Waals surface area contributed by atoms with Crippen molar-refractivity contribution >= 4 is 17.5 Å². The van der Waals surface area contributed by atoms with Crippen LogP contribution >= 0.6 is 0 Å². The molecule has 0 amide bonds. The Morgan fingerprint density at radius 3 is 2.71 bits per heavy atom. The van der Waals surface area contributed by atoms with Crippen LogP contribution in [0.5, 0.6) is 5.75 Å². The number of nitrogens with one attached hydrogen (secondary N) is 3. The van der Waals surface area contributed by atoms with Crippen LogP contribution in [0.3, 0.4) is 0 Å². The minimum absolute atomic E-state index is 0.0796. The average Bonchev–Trinajstić information content (AvgIpc) is 2.82. The minimum atomic E-state index is -4.85. The second-order valence-corrected chi connectivity index (χ2v) is 8.18. The molecule has 0 spiro atoms. The molecule has 35 heavy (non-hydrogen) atoms. The van der Waals surface area contributed by atoms with Gasteiger partial charge in [0.15, 0.2) is 0 Å². The maximum atomic E-state index is 12.9. The van der Waals surface area contributed by atoms with E-state index in [0.29, 0.717) is 18.7 Å². The fourth-order valence-corrected chi connectivity index (χ4v) is 4.16. The van der Waals surface area contributed by atoms with Crippen molar-refractivity contribution in [1.82, 2.24) is 10.3 Å². The third-order valence-corrected chi connectivity index (χ3v) is 5.67. The summed E-state index contributed by atoms with van der Waals surface area (Å²) in [5, 5.41) is 19.3. The topological polar surface area (TPSA) is 95.5 Å². The molecular formula is C25H25F3N4O3. The van der Waals surface area contributed by atoms with E-state index in [1.165, 1.54) is 18.2 Å². The molecule has 0 saturated carbocycles. The zero-order valence-corrected chi connectivity index (χ0v) is 18.7. The maximum Gasteiger partial charge on any atom is 0.573 e. The molecule has 184 valence electrons. The lowest BCUT2D eigenvalue weighted by Gasteiger charge is -2.34. The third-order valence-electron chi connectivity index (χ3n) is 5.67. The van der Waals surface area contributed by atoms with Crippen LogP contribution in [-0.4, -0.2) is 41.6 Å². The Morgan fingerprint density at radius 1 is 1.17 bits per heavy atom. The first-order valence-corrected chi connectivity index (χ1v) is 11.1. The Labute approximate surface area is 200 Å². The molecule has 0 radical (unpaired) electrons. The predicted molar refractivity (Wildman–Crippen MR) is 125 cm³/mol.